The Bertz CT molecular complexity index is 1270. The van der Waals surface area contributed by atoms with E-state index >= 15 is 0 Å². The number of aliphatic imine (C=N–C) groups is 1. The number of aromatic nitrogens is 1. The quantitative estimate of drug-likeness (QED) is 0.525. The second-order valence-corrected chi connectivity index (χ2v) is 8.69. The van der Waals surface area contributed by atoms with Gasteiger partial charge in [-0.2, -0.15) is 0 Å². The van der Waals surface area contributed by atoms with Gasteiger partial charge in [0.2, 0.25) is 5.91 Å². The fraction of sp³-hybridized carbons (Fsp3) is 0.0909. The Hall–Kier alpha value is -3.37. The molecule has 3 aromatic rings. The van der Waals surface area contributed by atoms with E-state index in [2.05, 4.69) is 15.3 Å². The number of amidine groups is 1. The molecule has 162 valence electrons. The van der Waals surface area contributed by atoms with Gasteiger partial charge in [-0.1, -0.05) is 17.7 Å². The average Bonchev–Trinajstić information content (AvgIpc) is 3.32. The van der Waals surface area contributed by atoms with Crippen LogP contribution >= 0.6 is 23.1 Å². The first kappa shape index (κ1) is 21.8. The molecule has 2 heterocycles. The zero-order valence-corrected chi connectivity index (χ0v) is 18.6. The van der Waals surface area contributed by atoms with Gasteiger partial charge in [0.15, 0.2) is 10.3 Å². The highest BCUT2D eigenvalue weighted by Crippen LogP contribution is 2.33. The van der Waals surface area contributed by atoms with E-state index in [1.807, 2.05) is 31.2 Å². The maximum atomic E-state index is 14.2. The van der Waals surface area contributed by atoms with Crippen molar-refractivity contribution in [2.45, 2.75) is 13.8 Å². The molecular weight excluding hydrogens is 454 g/mol. The lowest BCUT2D eigenvalue weighted by Gasteiger charge is -2.18. The van der Waals surface area contributed by atoms with Crippen molar-refractivity contribution in [3.05, 3.63) is 75.6 Å². The molecular formula is C22H16F2N4O2S2. The predicted molar refractivity (Wildman–Crippen MR) is 123 cm³/mol. The minimum absolute atomic E-state index is 0.104. The van der Waals surface area contributed by atoms with Crippen molar-refractivity contribution >= 4 is 62.7 Å². The fourth-order valence-electron chi connectivity index (χ4n) is 2.87. The molecule has 4 rings (SSSR count). The number of carbonyl (C=O) groups is 2. The number of nitrogens with zero attached hydrogens (tertiary/aromatic N) is 3. The van der Waals surface area contributed by atoms with Crippen LogP contribution in [0.2, 0.25) is 0 Å². The largest absolute Gasteiger partial charge is 0.300 e. The minimum Gasteiger partial charge on any atom is -0.300 e. The first-order valence-corrected chi connectivity index (χ1v) is 11.1. The summed E-state index contributed by atoms with van der Waals surface area (Å²) < 4.78 is 27.5. The number of thiazole rings is 1. The molecule has 10 heteroatoms. The highest BCUT2D eigenvalue weighted by molar-refractivity contribution is 8.18. The van der Waals surface area contributed by atoms with Crippen molar-refractivity contribution < 1.29 is 18.4 Å². The Kier molecular flexibility index (Phi) is 6.15. The third-order valence-electron chi connectivity index (χ3n) is 4.36. The highest BCUT2D eigenvalue weighted by Gasteiger charge is 2.25. The number of amides is 2. The molecule has 0 unspecified atom stereocenters. The van der Waals surface area contributed by atoms with E-state index in [-0.39, 0.29) is 16.7 Å². The average molecular weight is 471 g/mol. The number of nitrogens with one attached hydrogen (secondary N) is 1. The lowest BCUT2D eigenvalue weighted by atomic mass is 10.2. The van der Waals surface area contributed by atoms with Crippen LogP contribution in [0.1, 0.15) is 18.2 Å². The number of carbonyl (C=O) groups excluding carboxylic acids is 2. The SMILES string of the molecule is CC(=O)N(c1nc(/C=C2\SC(=Nc3ccc(C)cc3)NC2=O)cs1)c1ccc(F)cc1F. The van der Waals surface area contributed by atoms with Gasteiger partial charge in [0, 0.05) is 18.4 Å². The Morgan fingerprint density at radius 1 is 1.19 bits per heavy atom. The van der Waals surface area contributed by atoms with E-state index in [1.54, 1.807) is 11.5 Å². The van der Waals surface area contributed by atoms with Crippen LogP contribution in [0.15, 0.2) is 57.7 Å². The molecule has 0 atom stereocenters. The van der Waals surface area contributed by atoms with Crippen LogP contribution in [0.5, 0.6) is 0 Å². The van der Waals surface area contributed by atoms with Crippen LogP contribution in [0.25, 0.3) is 6.08 Å². The zero-order valence-electron chi connectivity index (χ0n) is 16.9. The Labute approximate surface area is 190 Å². The standard InChI is InChI=1S/C22H16F2N4O2S2/c1-12-3-6-15(7-4-12)25-21-27-20(30)19(32-21)10-16-11-31-22(26-16)28(13(2)29)18-8-5-14(23)9-17(18)24/h3-11H,1-2H3,(H,25,27,30)/b19-10-. The molecule has 0 spiro atoms. The van der Waals surface area contributed by atoms with Crippen molar-refractivity contribution in [2.75, 3.05) is 4.90 Å². The number of rotatable bonds is 4. The van der Waals surface area contributed by atoms with Gasteiger partial charge in [-0.3, -0.25) is 14.5 Å². The molecule has 2 aromatic carbocycles. The highest BCUT2D eigenvalue weighted by atomic mass is 32.2. The van der Waals surface area contributed by atoms with Crippen LogP contribution in [-0.4, -0.2) is 22.0 Å². The first-order valence-electron chi connectivity index (χ1n) is 9.37. The van der Waals surface area contributed by atoms with Crippen LogP contribution in [0.3, 0.4) is 0 Å². The van der Waals surface area contributed by atoms with Crippen molar-refractivity contribution in [1.29, 1.82) is 0 Å². The van der Waals surface area contributed by atoms with E-state index in [4.69, 9.17) is 0 Å². The van der Waals surface area contributed by atoms with E-state index in [9.17, 15) is 18.4 Å². The maximum Gasteiger partial charge on any atom is 0.264 e. The number of aryl methyl sites for hydroxylation is 1. The van der Waals surface area contributed by atoms with Gasteiger partial charge in [-0.05, 0) is 49.0 Å². The normalized spacial score (nSPS) is 15.9. The van der Waals surface area contributed by atoms with Gasteiger partial charge in [0.05, 0.1) is 22.0 Å². The molecule has 0 aliphatic carbocycles. The summed E-state index contributed by atoms with van der Waals surface area (Å²) in [6.45, 7) is 3.24. The Balaban J connectivity index is 1.58. The topological polar surface area (TPSA) is 74.7 Å². The summed E-state index contributed by atoms with van der Waals surface area (Å²) in [5.41, 5.74) is 2.15. The molecule has 1 fully saturated rings. The van der Waals surface area contributed by atoms with Crippen molar-refractivity contribution in [1.82, 2.24) is 10.3 Å². The molecule has 0 saturated carbocycles. The van der Waals surface area contributed by atoms with Crippen LogP contribution in [-0.2, 0) is 9.59 Å². The smallest absolute Gasteiger partial charge is 0.264 e. The monoisotopic (exact) mass is 470 g/mol. The third-order valence-corrected chi connectivity index (χ3v) is 6.11. The summed E-state index contributed by atoms with van der Waals surface area (Å²) in [6.07, 6.45) is 1.57. The molecule has 2 amide bonds. The van der Waals surface area contributed by atoms with Crippen LogP contribution < -0.4 is 10.2 Å². The van der Waals surface area contributed by atoms with Gasteiger partial charge in [0.25, 0.3) is 5.91 Å². The molecule has 32 heavy (non-hydrogen) atoms. The molecule has 0 radical (unpaired) electrons. The van der Waals surface area contributed by atoms with E-state index < -0.39 is 17.5 Å². The number of anilines is 2. The number of thioether (sulfide) groups is 1. The molecule has 0 bridgehead atoms. The molecule has 1 saturated heterocycles. The van der Waals surface area contributed by atoms with E-state index in [0.717, 1.165) is 27.9 Å². The predicted octanol–water partition coefficient (Wildman–Crippen LogP) is 5.31. The molecule has 1 aromatic heterocycles. The van der Waals surface area contributed by atoms with Crippen LogP contribution in [0, 0.1) is 18.6 Å². The summed E-state index contributed by atoms with van der Waals surface area (Å²) in [5.74, 6) is -2.42. The minimum atomic E-state index is -0.877. The summed E-state index contributed by atoms with van der Waals surface area (Å²) in [6, 6.07) is 10.5. The Morgan fingerprint density at radius 2 is 1.94 bits per heavy atom. The number of halogens is 2. The van der Waals surface area contributed by atoms with Crippen LogP contribution in [0.4, 0.5) is 25.3 Å². The van der Waals surface area contributed by atoms with Gasteiger partial charge in [-0.15, -0.1) is 11.3 Å². The van der Waals surface area contributed by atoms with Gasteiger partial charge in [0.1, 0.15) is 11.6 Å². The fourth-order valence-corrected chi connectivity index (χ4v) is 4.53. The second-order valence-electron chi connectivity index (χ2n) is 6.82. The summed E-state index contributed by atoms with van der Waals surface area (Å²) in [5, 5.41) is 4.99. The third kappa shape index (κ3) is 4.76. The number of hydrogen-bond donors (Lipinski definition) is 1. The second kappa shape index (κ2) is 9.01. The molecule has 6 nitrogen and oxygen atoms in total. The maximum absolute atomic E-state index is 14.2. The zero-order chi connectivity index (χ0) is 22.8. The lowest BCUT2D eigenvalue weighted by Crippen LogP contribution is -2.23. The summed E-state index contributed by atoms with van der Waals surface area (Å²) >= 11 is 2.27. The van der Waals surface area contributed by atoms with Gasteiger partial charge in [-0.25, -0.2) is 18.8 Å². The van der Waals surface area contributed by atoms with Crippen molar-refractivity contribution in [3.63, 3.8) is 0 Å². The molecule has 1 N–H and O–H groups in total. The van der Waals surface area contributed by atoms with E-state index in [1.165, 1.54) is 24.8 Å². The summed E-state index contributed by atoms with van der Waals surface area (Å²) in [7, 11) is 0. The number of benzene rings is 2. The number of hydrogen-bond acceptors (Lipinski definition) is 6. The Morgan fingerprint density at radius 3 is 2.62 bits per heavy atom. The van der Waals surface area contributed by atoms with Crippen molar-refractivity contribution in [3.8, 4) is 0 Å². The molecule has 1 aliphatic rings. The lowest BCUT2D eigenvalue weighted by molar-refractivity contribution is -0.116. The van der Waals surface area contributed by atoms with E-state index in [0.29, 0.717) is 27.5 Å². The van der Waals surface area contributed by atoms with Gasteiger partial charge >= 0.3 is 0 Å². The first-order chi connectivity index (χ1) is 15.3. The van der Waals surface area contributed by atoms with Crippen molar-refractivity contribution in [2.24, 2.45) is 4.99 Å². The van der Waals surface area contributed by atoms with Gasteiger partial charge < -0.3 is 5.32 Å². The summed E-state index contributed by atoms with van der Waals surface area (Å²) in [4.78, 5) is 34.7. The molecule has 1 aliphatic heterocycles.